The Labute approximate surface area is 214 Å². The molecule has 0 radical (unpaired) electrons. The molecule has 0 unspecified atom stereocenters. The van der Waals surface area contributed by atoms with E-state index in [0.717, 1.165) is 12.0 Å². The number of hydrogen-bond acceptors (Lipinski definition) is 8. The molecule has 2 aromatic rings. The first-order valence-corrected chi connectivity index (χ1v) is 11.8. The van der Waals surface area contributed by atoms with Gasteiger partial charge in [0.05, 0.1) is 25.2 Å². The summed E-state index contributed by atoms with van der Waals surface area (Å²) in [6, 6.07) is 16.0. The molecule has 0 aliphatic heterocycles. The van der Waals surface area contributed by atoms with Crippen LogP contribution in [0, 0.1) is 0 Å². The van der Waals surface area contributed by atoms with Gasteiger partial charge in [-0.25, -0.2) is 4.79 Å². The maximum absolute atomic E-state index is 11.9. The van der Waals surface area contributed by atoms with Crippen molar-refractivity contribution in [3.05, 3.63) is 65.7 Å². The maximum atomic E-state index is 11.9. The van der Waals surface area contributed by atoms with Gasteiger partial charge in [-0.1, -0.05) is 30.3 Å². The summed E-state index contributed by atoms with van der Waals surface area (Å²) in [5.74, 6) is -1.60. The number of carbonyl (C=O) groups excluding carboxylic acids is 4. The van der Waals surface area contributed by atoms with Crippen LogP contribution in [0.3, 0.4) is 0 Å². The van der Waals surface area contributed by atoms with E-state index in [1.54, 1.807) is 6.92 Å². The van der Waals surface area contributed by atoms with E-state index in [0.29, 0.717) is 17.7 Å². The largest absolute Gasteiger partial charge is 0.484 e. The molecule has 0 aliphatic rings. The minimum atomic E-state index is -0.555. The SMILES string of the molecule is CCOC(=O)c1ccc(OCC(=O)NNC(=S)NC(=O)CCC(=O)OCCCc2ccccc2)cc1. The van der Waals surface area contributed by atoms with Crippen LogP contribution in [-0.2, 0) is 30.3 Å². The zero-order chi connectivity index (χ0) is 26.2. The average molecular weight is 516 g/mol. The molecule has 0 aliphatic carbocycles. The Kier molecular flexibility index (Phi) is 12.4. The molecule has 10 nitrogen and oxygen atoms in total. The minimum absolute atomic E-state index is 0.0884. The highest BCUT2D eigenvalue weighted by Gasteiger charge is 2.11. The van der Waals surface area contributed by atoms with Crippen LogP contribution in [0.5, 0.6) is 5.75 Å². The lowest BCUT2D eigenvalue weighted by Gasteiger charge is -2.11. The lowest BCUT2D eigenvalue weighted by molar-refractivity contribution is -0.145. The summed E-state index contributed by atoms with van der Waals surface area (Å²) in [6.45, 7) is 1.93. The number of hydrazine groups is 1. The molecule has 3 N–H and O–H groups in total. The first-order chi connectivity index (χ1) is 17.4. The standard InChI is InChI=1S/C25H29N3O7S/c1-2-33-24(32)19-10-12-20(13-11-19)35-17-22(30)27-28-25(36)26-21(29)14-15-23(31)34-16-6-9-18-7-4-3-5-8-18/h3-5,7-8,10-13H,2,6,9,14-17H2,1H3,(H,27,30)(H2,26,28,29,36). The number of thiocarbonyl (C=S) groups is 1. The fourth-order valence-electron chi connectivity index (χ4n) is 2.83. The van der Waals surface area contributed by atoms with Crippen molar-refractivity contribution in [2.75, 3.05) is 19.8 Å². The van der Waals surface area contributed by atoms with Gasteiger partial charge in [0, 0.05) is 6.42 Å². The number of amides is 2. The van der Waals surface area contributed by atoms with Crippen LogP contribution in [0.4, 0.5) is 0 Å². The summed E-state index contributed by atoms with van der Waals surface area (Å²) in [5, 5.41) is 2.22. The monoisotopic (exact) mass is 515 g/mol. The van der Waals surface area contributed by atoms with Crippen LogP contribution in [0.2, 0.25) is 0 Å². The van der Waals surface area contributed by atoms with E-state index < -0.39 is 23.8 Å². The fourth-order valence-corrected chi connectivity index (χ4v) is 2.99. The first-order valence-electron chi connectivity index (χ1n) is 11.4. The molecule has 0 spiro atoms. The van der Waals surface area contributed by atoms with Crippen LogP contribution in [0.1, 0.15) is 42.1 Å². The van der Waals surface area contributed by atoms with Crippen molar-refractivity contribution in [1.82, 2.24) is 16.2 Å². The second kappa shape index (κ2) is 15.8. The van der Waals surface area contributed by atoms with E-state index in [4.69, 9.17) is 26.4 Å². The third kappa shape index (κ3) is 11.4. The summed E-state index contributed by atoms with van der Waals surface area (Å²) >= 11 is 4.94. The molecule has 2 amide bonds. The van der Waals surface area contributed by atoms with Gasteiger partial charge >= 0.3 is 11.9 Å². The van der Waals surface area contributed by atoms with Crippen LogP contribution in [0.25, 0.3) is 0 Å². The maximum Gasteiger partial charge on any atom is 0.338 e. The summed E-state index contributed by atoms with van der Waals surface area (Å²) in [5.41, 5.74) is 6.19. The third-order valence-corrected chi connectivity index (χ3v) is 4.78. The quantitative estimate of drug-likeness (QED) is 0.168. The predicted octanol–water partition coefficient (Wildman–Crippen LogP) is 2.22. The Balaban J connectivity index is 1.55. The zero-order valence-corrected chi connectivity index (χ0v) is 20.7. The van der Waals surface area contributed by atoms with Gasteiger partial charge in [0.15, 0.2) is 11.7 Å². The molecule has 0 saturated heterocycles. The van der Waals surface area contributed by atoms with Crippen molar-refractivity contribution >= 4 is 41.1 Å². The van der Waals surface area contributed by atoms with Gasteiger partial charge < -0.3 is 19.5 Å². The van der Waals surface area contributed by atoms with E-state index >= 15 is 0 Å². The fraction of sp³-hybridized carbons (Fsp3) is 0.320. The van der Waals surface area contributed by atoms with Crippen molar-refractivity contribution < 1.29 is 33.4 Å². The molecule has 2 rings (SSSR count). The Bertz CT molecular complexity index is 1030. The topological polar surface area (TPSA) is 132 Å². The van der Waals surface area contributed by atoms with Gasteiger partial charge in [-0.15, -0.1) is 0 Å². The smallest absolute Gasteiger partial charge is 0.338 e. The second-order valence-corrected chi connectivity index (χ2v) is 7.80. The number of nitrogens with one attached hydrogen (secondary N) is 3. The summed E-state index contributed by atoms with van der Waals surface area (Å²) in [4.78, 5) is 47.2. The Hall–Kier alpha value is -3.99. The van der Waals surface area contributed by atoms with Crippen molar-refractivity contribution in [2.24, 2.45) is 0 Å². The molecule has 0 saturated carbocycles. The van der Waals surface area contributed by atoms with Crippen LogP contribution < -0.4 is 20.9 Å². The normalized spacial score (nSPS) is 10.0. The summed E-state index contributed by atoms with van der Waals surface area (Å²) in [6.07, 6.45) is 1.29. The first kappa shape index (κ1) is 28.2. The third-order valence-electron chi connectivity index (χ3n) is 4.58. The molecule has 0 heterocycles. The van der Waals surface area contributed by atoms with E-state index in [1.807, 2.05) is 30.3 Å². The molecule has 0 aromatic heterocycles. The van der Waals surface area contributed by atoms with Gasteiger partial charge in [-0.05, 0) is 61.8 Å². The van der Waals surface area contributed by atoms with Gasteiger partial charge in [0.2, 0.25) is 5.91 Å². The highest BCUT2D eigenvalue weighted by Crippen LogP contribution is 2.12. The molecule has 2 aromatic carbocycles. The zero-order valence-electron chi connectivity index (χ0n) is 19.9. The van der Waals surface area contributed by atoms with Gasteiger partial charge in [0.1, 0.15) is 5.75 Å². The molecule has 0 atom stereocenters. The molecule has 0 bridgehead atoms. The van der Waals surface area contributed by atoms with Gasteiger partial charge in [-0.3, -0.25) is 25.2 Å². The second-order valence-electron chi connectivity index (χ2n) is 7.39. The van der Waals surface area contributed by atoms with E-state index in [9.17, 15) is 19.2 Å². The van der Waals surface area contributed by atoms with Crippen LogP contribution >= 0.6 is 12.2 Å². The van der Waals surface area contributed by atoms with Crippen molar-refractivity contribution in [2.45, 2.75) is 32.6 Å². The van der Waals surface area contributed by atoms with Crippen LogP contribution in [0.15, 0.2) is 54.6 Å². The molecular formula is C25H29N3O7S. The number of aryl methyl sites for hydroxylation is 1. The summed E-state index contributed by atoms with van der Waals surface area (Å²) < 4.78 is 15.3. The van der Waals surface area contributed by atoms with E-state index in [-0.39, 0.29) is 37.8 Å². The van der Waals surface area contributed by atoms with Crippen molar-refractivity contribution in [1.29, 1.82) is 0 Å². The molecule has 0 fully saturated rings. The highest BCUT2D eigenvalue weighted by atomic mass is 32.1. The van der Waals surface area contributed by atoms with Gasteiger partial charge in [-0.2, -0.15) is 0 Å². The number of rotatable bonds is 12. The number of carbonyl (C=O) groups is 4. The number of ether oxygens (including phenoxy) is 3. The van der Waals surface area contributed by atoms with Crippen LogP contribution in [-0.4, -0.2) is 48.7 Å². The lowest BCUT2D eigenvalue weighted by atomic mass is 10.1. The molecular weight excluding hydrogens is 486 g/mol. The van der Waals surface area contributed by atoms with Gasteiger partial charge in [0.25, 0.3) is 5.91 Å². The molecule has 11 heteroatoms. The lowest BCUT2D eigenvalue weighted by Crippen LogP contribution is -2.49. The molecule has 36 heavy (non-hydrogen) atoms. The number of benzene rings is 2. The molecule has 192 valence electrons. The Morgan fingerprint density at radius 2 is 1.58 bits per heavy atom. The summed E-state index contributed by atoms with van der Waals surface area (Å²) in [7, 11) is 0. The highest BCUT2D eigenvalue weighted by molar-refractivity contribution is 7.80. The average Bonchev–Trinajstić information content (AvgIpc) is 2.88. The number of esters is 2. The van der Waals surface area contributed by atoms with E-state index in [1.165, 1.54) is 24.3 Å². The Morgan fingerprint density at radius 3 is 2.28 bits per heavy atom. The Morgan fingerprint density at radius 1 is 0.861 bits per heavy atom. The van der Waals surface area contributed by atoms with Crippen molar-refractivity contribution in [3.8, 4) is 5.75 Å². The minimum Gasteiger partial charge on any atom is -0.484 e. The predicted molar refractivity (Wildman–Crippen MR) is 135 cm³/mol. The van der Waals surface area contributed by atoms with Crippen molar-refractivity contribution in [3.63, 3.8) is 0 Å². The van der Waals surface area contributed by atoms with E-state index in [2.05, 4.69) is 16.2 Å². The number of hydrogen-bond donors (Lipinski definition) is 3.